The first-order valence-electron chi connectivity index (χ1n) is 11.5. The Labute approximate surface area is 205 Å². The quantitative estimate of drug-likeness (QED) is 0.415. The Morgan fingerprint density at radius 1 is 1.21 bits per heavy atom. The van der Waals surface area contributed by atoms with Crippen molar-refractivity contribution in [1.29, 1.82) is 0 Å². The molecule has 0 bridgehead atoms. The minimum Gasteiger partial charge on any atom is -0.497 e. The predicted octanol–water partition coefficient (Wildman–Crippen LogP) is 4.82. The summed E-state index contributed by atoms with van der Waals surface area (Å²) in [6.45, 7) is 4.01. The van der Waals surface area contributed by atoms with Crippen LogP contribution in [0.25, 0.3) is 22.0 Å². The van der Waals surface area contributed by atoms with E-state index in [9.17, 15) is 13.2 Å². The summed E-state index contributed by atoms with van der Waals surface area (Å²) >= 11 is 1.39. The van der Waals surface area contributed by atoms with Crippen molar-refractivity contribution in [3.8, 4) is 16.9 Å². The smallest absolute Gasteiger partial charge is 0.233 e. The fraction of sp³-hybridized carbons (Fsp3) is 0.385. The van der Waals surface area contributed by atoms with Crippen LogP contribution in [0.3, 0.4) is 0 Å². The lowest BCUT2D eigenvalue weighted by Gasteiger charge is -2.33. The Morgan fingerprint density at radius 3 is 2.62 bits per heavy atom. The molecule has 4 rings (SSSR count). The molecule has 2 heterocycles. The van der Waals surface area contributed by atoms with Gasteiger partial charge in [-0.1, -0.05) is 49.0 Å². The zero-order chi connectivity index (χ0) is 24.3. The van der Waals surface area contributed by atoms with Crippen LogP contribution in [0.15, 0.2) is 59.6 Å². The van der Waals surface area contributed by atoms with Crippen molar-refractivity contribution in [3.05, 3.63) is 54.6 Å². The van der Waals surface area contributed by atoms with Crippen LogP contribution in [0.1, 0.15) is 26.7 Å². The largest absolute Gasteiger partial charge is 0.497 e. The van der Waals surface area contributed by atoms with Crippen LogP contribution in [0.2, 0.25) is 0 Å². The van der Waals surface area contributed by atoms with Crippen LogP contribution in [-0.4, -0.2) is 60.7 Å². The molecule has 6 nitrogen and oxygen atoms in total. The van der Waals surface area contributed by atoms with Crippen molar-refractivity contribution in [2.45, 2.75) is 43.8 Å². The van der Waals surface area contributed by atoms with Crippen LogP contribution in [0.5, 0.6) is 5.75 Å². The van der Waals surface area contributed by atoms with Crippen LogP contribution in [0, 0.1) is 0 Å². The normalized spacial score (nSPS) is 18.0. The van der Waals surface area contributed by atoms with Crippen LogP contribution < -0.4 is 4.74 Å². The molecule has 1 aliphatic heterocycles. The molecule has 1 amide bonds. The fourth-order valence-corrected chi connectivity index (χ4v) is 6.95. The number of aromatic nitrogens is 1. The first kappa shape index (κ1) is 24.5. The number of hydrogen-bond acceptors (Lipinski definition) is 6. The standard InChI is InChI=1S/C26H30N2O4S2/c1-4-18(2)28(20-12-13-34(30,31)17-20)26(29)16-33-25-15-23(19-8-6-5-7-9-19)22-11-10-21(32-3)14-24(22)27-25/h5-11,14-15,18,20H,4,12-13,16-17H2,1-3H3. The summed E-state index contributed by atoms with van der Waals surface area (Å²) in [6, 6.07) is 17.7. The molecule has 34 heavy (non-hydrogen) atoms. The molecule has 2 aromatic carbocycles. The summed E-state index contributed by atoms with van der Waals surface area (Å²) in [7, 11) is -1.45. The molecule has 1 fully saturated rings. The number of fused-ring (bicyclic) bond motifs is 1. The fourth-order valence-electron chi connectivity index (χ4n) is 4.45. The molecule has 0 aliphatic carbocycles. The molecule has 1 aliphatic rings. The Kier molecular flexibility index (Phi) is 7.48. The lowest BCUT2D eigenvalue weighted by molar-refractivity contribution is -0.132. The van der Waals surface area contributed by atoms with E-state index in [1.54, 1.807) is 12.0 Å². The minimum absolute atomic E-state index is 0.0138. The second-order valence-corrected chi connectivity index (χ2v) is 11.9. The zero-order valence-electron chi connectivity index (χ0n) is 19.7. The van der Waals surface area contributed by atoms with Gasteiger partial charge in [-0.2, -0.15) is 0 Å². The number of sulfone groups is 1. The van der Waals surface area contributed by atoms with Crippen molar-refractivity contribution in [3.63, 3.8) is 0 Å². The number of hydrogen-bond donors (Lipinski definition) is 0. The van der Waals surface area contributed by atoms with E-state index in [-0.39, 0.29) is 35.2 Å². The molecule has 3 aromatic rings. The van der Waals surface area contributed by atoms with Gasteiger partial charge in [0, 0.05) is 23.5 Å². The number of carbonyl (C=O) groups excluding carboxylic acids is 1. The second-order valence-electron chi connectivity index (χ2n) is 8.66. The maximum Gasteiger partial charge on any atom is 0.233 e. The van der Waals surface area contributed by atoms with Gasteiger partial charge < -0.3 is 9.64 Å². The number of amides is 1. The van der Waals surface area contributed by atoms with Crippen LogP contribution in [0.4, 0.5) is 0 Å². The highest BCUT2D eigenvalue weighted by Gasteiger charge is 2.36. The molecule has 2 atom stereocenters. The van der Waals surface area contributed by atoms with Gasteiger partial charge in [0.15, 0.2) is 9.84 Å². The van der Waals surface area contributed by atoms with Gasteiger partial charge in [0.25, 0.3) is 0 Å². The van der Waals surface area contributed by atoms with Crippen molar-refractivity contribution in [1.82, 2.24) is 9.88 Å². The van der Waals surface area contributed by atoms with Crippen molar-refractivity contribution >= 4 is 38.4 Å². The summed E-state index contributed by atoms with van der Waals surface area (Å²) < 4.78 is 29.5. The molecular formula is C26H30N2O4S2. The number of pyridine rings is 1. The highest BCUT2D eigenvalue weighted by atomic mass is 32.2. The molecule has 2 unspecified atom stereocenters. The number of benzene rings is 2. The molecule has 0 radical (unpaired) electrons. The molecule has 0 N–H and O–H groups in total. The Balaban J connectivity index is 1.62. The number of thioether (sulfide) groups is 1. The highest BCUT2D eigenvalue weighted by molar-refractivity contribution is 7.99. The van der Waals surface area contributed by atoms with E-state index in [1.807, 2.05) is 56.3 Å². The van der Waals surface area contributed by atoms with Gasteiger partial charge in [-0.3, -0.25) is 4.79 Å². The lowest BCUT2D eigenvalue weighted by atomic mass is 10.0. The Hall–Kier alpha value is -2.58. The van der Waals surface area contributed by atoms with E-state index in [1.165, 1.54) is 11.8 Å². The molecule has 0 spiro atoms. The molecular weight excluding hydrogens is 468 g/mol. The summed E-state index contributed by atoms with van der Waals surface area (Å²) in [5.74, 6) is 1.09. The lowest BCUT2D eigenvalue weighted by Crippen LogP contribution is -2.47. The van der Waals surface area contributed by atoms with Crippen LogP contribution >= 0.6 is 11.8 Å². The van der Waals surface area contributed by atoms with E-state index in [0.29, 0.717) is 6.42 Å². The van der Waals surface area contributed by atoms with Crippen molar-refractivity contribution in [2.24, 2.45) is 0 Å². The van der Waals surface area contributed by atoms with Gasteiger partial charge in [0.1, 0.15) is 5.75 Å². The van der Waals surface area contributed by atoms with E-state index >= 15 is 0 Å². The van der Waals surface area contributed by atoms with Crippen molar-refractivity contribution in [2.75, 3.05) is 24.4 Å². The molecule has 0 saturated carbocycles. The summed E-state index contributed by atoms with van der Waals surface area (Å²) in [5, 5.41) is 1.76. The maximum absolute atomic E-state index is 13.3. The SMILES string of the molecule is CCC(C)N(C(=O)CSc1cc(-c2ccccc2)c2ccc(OC)cc2n1)C1CCS(=O)(=O)C1. The van der Waals surface area contributed by atoms with Gasteiger partial charge in [-0.05, 0) is 49.1 Å². The highest BCUT2D eigenvalue weighted by Crippen LogP contribution is 2.34. The monoisotopic (exact) mass is 498 g/mol. The zero-order valence-corrected chi connectivity index (χ0v) is 21.4. The van der Waals surface area contributed by atoms with Gasteiger partial charge in [-0.25, -0.2) is 13.4 Å². The molecule has 180 valence electrons. The summed E-state index contributed by atoms with van der Waals surface area (Å²) in [5.41, 5.74) is 2.92. The number of rotatable bonds is 8. The second kappa shape index (κ2) is 10.4. The molecule has 1 saturated heterocycles. The third-order valence-corrected chi connectivity index (χ3v) is 9.02. The van der Waals surface area contributed by atoms with Gasteiger partial charge in [0.05, 0.1) is 34.9 Å². The third-order valence-electron chi connectivity index (χ3n) is 6.38. The van der Waals surface area contributed by atoms with Gasteiger partial charge in [-0.15, -0.1) is 0 Å². The van der Waals surface area contributed by atoms with E-state index in [4.69, 9.17) is 9.72 Å². The third kappa shape index (κ3) is 5.39. The molecule has 1 aromatic heterocycles. The Bertz CT molecular complexity index is 1280. The summed E-state index contributed by atoms with van der Waals surface area (Å²) in [6.07, 6.45) is 1.29. The minimum atomic E-state index is -3.07. The topological polar surface area (TPSA) is 76.6 Å². The number of ether oxygens (including phenoxy) is 1. The first-order valence-corrected chi connectivity index (χ1v) is 14.3. The van der Waals surface area contributed by atoms with Crippen LogP contribution in [-0.2, 0) is 14.6 Å². The van der Waals surface area contributed by atoms with Gasteiger partial charge >= 0.3 is 0 Å². The number of carbonyl (C=O) groups is 1. The molecule has 8 heteroatoms. The average Bonchev–Trinajstić information content (AvgIpc) is 3.21. The summed E-state index contributed by atoms with van der Waals surface area (Å²) in [4.78, 5) is 19.9. The maximum atomic E-state index is 13.3. The number of methoxy groups -OCH3 is 1. The average molecular weight is 499 g/mol. The van der Waals surface area contributed by atoms with Crippen molar-refractivity contribution < 1.29 is 17.9 Å². The number of nitrogens with zero attached hydrogens (tertiary/aromatic N) is 2. The predicted molar refractivity (Wildman–Crippen MR) is 138 cm³/mol. The van der Waals surface area contributed by atoms with E-state index < -0.39 is 9.84 Å². The van der Waals surface area contributed by atoms with E-state index in [2.05, 4.69) is 12.1 Å². The van der Waals surface area contributed by atoms with Gasteiger partial charge in [0.2, 0.25) is 5.91 Å². The van der Waals surface area contributed by atoms with E-state index in [0.717, 1.165) is 39.2 Å². The first-order chi connectivity index (χ1) is 16.3. The Morgan fingerprint density at radius 2 is 1.97 bits per heavy atom.